The summed E-state index contributed by atoms with van der Waals surface area (Å²) in [4.78, 5) is 13.7. The van der Waals surface area contributed by atoms with Gasteiger partial charge in [0.15, 0.2) is 0 Å². The van der Waals surface area contributed by atoms with E-state index in [1.807, 2.05) is 11.9 Å². The predicted octanol–water partition coefficient (Wildman–Crippen LogP) is 0.902. The van der Waals surface area contributed by atoms with E-state index in [-0.39, 0.29) is 5.91 Å². The SMILES string of the molecule is CC1CCN(C(=O)c2ccn(C)n2)C1. The maximum atomic E-state index is 11.9. The first-order valence-electron chi connectivity index (χ1n) is 4.96. The number of carbonyl (C=O) groups is 1. The van der Waals surface area contributed by atoms with Crippen molar-refractivity contribution in [2.45, 2.75) is 13.3 Å². The van der Waals surface area contributed by atoms with E-state index < -0.39 is 0 Å². The van der Waals surface area contributed by atoms with Crippen molar-refractivity contribution in [2.24, 2.45) is 13.0 Å². The van der Waals surface area contributed by atoms with E-state index >= 15 is 0 Å². The summed E-state index contributed by atoms with van der Waals surface area (Å²) in [6.07, 6.45) is 2.91. The lowest BCUT2D eigenvalue weighted by Gasteiger charge is -2.13. The van der Waals surface area contributed by atoms with Crippen LogP contribution in [-0.4, -0.2) is 33.7 Å². The molecule has 4 heteroatoms. The van der Waals surface area contributed by atoms with Crippen LogP contribution in [0.2, 0.25) is 0 Å². The van der Waals surface area contributed by atoms with Crippen LogP contribution in [0.25, 0.3) is 0 Å². The average molecular weight is 193 g/mol. The molecule has 1 aromatic rings. The van der Waals surface area contributed by atoms with Gasteiger partial charge in [-0.2, -0.15) is 5.10 Å². The van der Waals surface area contributed by atoms with Crippen molar-refractivity contribution in [1.82, 2.24) is 14.7 Å². The van der Waals surface area contributed by atoms with E-state index in [4.69, 9.17) is 0 Å². The van der Waals surface area contributed by atoms with Crippen LogP contribution in [0.4, 0.5) is 0 Å². The third-order valence-electron chi connectivity index (χ3n) is 2.64. The Kier molecular flexibility index (Phi) is 2.27. The van der Waals surface area contributed by atoms with Gasteiger partial charge in [0.2, 0.25) is 0 Å². The van der Waals surface area contributed by atoms with E-state index in [2.05, 4.69) is 12.0 Å². The molecule has 0 aromatic carbocycles. The van der Waals surface area contributed by atoms with Crippen LogP contribution in [0.15, 0.2) is 12.3 Å². The standard InChI is InChI=1S/C10H15N3O/c1-8-3-6-13(7-8)10(14)9-4-5-12(2)11-9/h4-5,8H,3,6-7H2,1-2H3. The number of rotatable bonds is 1. The van der Waals surface area contributed by atoms with Gasteiger partial charge in [-0.25, -0.2) is 0 Å². The summed E-state index contributed by atoms with van der Waals surface area (Å²) in [5.74, 6) is 0.692. The molecule has 76 valence electrons. The highest BCUT2D eigenvalue weighted by atomic mass is 16.2. The van der Waals surface area contributed by atoms with Gasteiger partial charge in [0, 0.05) is 26.3 Å². The highest BCUT2D eigenvalue weighted by Gasteiger charge is 2.25. The largest absolute Gasteiger partial charge is 0.337 e. The highest BCUT2D eigenvalue weighted by Crippen LogP contribution is 2.16. The Bertz CT molecular complexity index is 345. The normalized spacial score (nSPS) is 21.6. The Hall–Kier alpha value is -1.32. The molecule has 1 atom stereocenters. The molecule has 0 saturated carbocycles. The lowest BCUT2D eigenvalue weighted by molar-refractivity contribution is 0.0781. The summed E-state index contributed by atoms with van der Waals surface area (Å²) in [5, 5.41) is 4.11. The molecular weight excluding hydrogens is 178 g/mol. The molecule has 0 radical (unpaired) electrons. The summed E-state index contributed by atoms with van der Waals surface area (Å²) in [6, 6.07) is 1.77. The third-order valence-corrected chi connectivity index (χ3v) is 2.64. The molecular formula is C10H15N3O. The number of carbonyl (C=O) groups excluding carboxylic acids is 1. The van der Waals surface area contributed by atoms with Crippen LogP contribution in [0.1, 0.15) is 23.8 Å². The quantitative estimate of drug-likeness (QED) is 0.664. The first-order chi connectivity index (χ1) is 6.66. The van der Waals surface area contributed by atoms with E-state index in [9.17, 15) is 4.79 Å². The van der Waals surface area contributed by atoms with E-state index in [1.165, 1.54) is 0 Å². The predicted molar refractivity (Wildman–Crippen MR) is 52.9 cm³/mol. The van der Waals surface area contributed by atoms with Gasteiger partial charge in [0.1, 0.15) is 5.69 Å². The van der Waals surface area contributed by atoms with E-state index in [1.54, 1.807) is 16.9 Å². The fraction of sp³-hybridized carbons (Fsp3) is 0.600. The molecule has 4 nitrogen and oxygen atoms in total. The summed E-state index contributed by atoms with van der Waals surface area (Å²) in [6.45, 7) is 3.91. The minimum atomic E-state index is 0.0648. The van der Waals surface area contributed by atoms with Gasteiger partial charge in [-0.3, -0.25) is 9.48 Å². The van der Waals surface area contributed by atoms with Crippen LogP contribution in [0.5, 0.6) is 0 Å². The number of hydrogen-bond acceptors (Lipinski definition) is 2. The number of likely N-dealkylation sites (tertiary alicyclic amines) is 1. The molecule has 0 spiro atoms. The van der Waals surface area contributed by atoms with Crippen LogP contribution in [0.3, 0.4) is 0 Å². The summed E-state index contributed by atoms with van der Waals surface area (Å²) >= 11 is 0. The van der Waals surface area contributed by atoms with Crippen LogP contribution < -0.4 is 0 Å². The van der Waals surface area contributed by atoms with Gasteiger partial charge in [-0.15, -0.1) is 0 Å². The maximum absolute atomic E-state index is 11.9. The highest BCUT2D eigenvalue weighted by molar-refractivity contribution is 5.92. The minimum absolute atomic E-state index is 0.0648. The summed E-state index contributed by atoms with van der Waals surface area (Å²) in [7, 11) is 1.82. The minimum Gasteiger partial charge on any atom is -0.337 e. The van der Waals surface area contributed by atoms with Crippen LogP contribution in [-0.2, 0) is 7.05 Å². The van der Waals surface area contributed by atoms with Crippen LogP contribution in [0, 0.1) is 5.92 Å². The molecule has 1 aliphatic heterocycles. The van der Waals surface area contributed by atoms with Crippen molar-refractivity contribution >= 4 is 5.91 Å². The fourth-order valence-electron chi connectivity index (χ4n) is 1.81. The van der Waals surface area contributed by atoms with Gasteiger partial charge in [-0.1, -0.05) is 6.92 Å². The number of amides is 1. The molecule has 0 bridgehead atoms. The Morgan fingerprint density at radius 3 is 2.93 bits per heavy atom. The van der Waals surface area contributed by atoms with Gasteiger partial charge < -0.3 is 4.90 Å². The second kappa shape index (κ2) is 3.44. The smallest absolute Gasteiger partial charge is 0.274 e. The van der Waals surface area contributed by atoms with Crippen molar-refractivity contribution in [3.05, 3.63) is 18.0 Å². The molecule has 0 aliphatic carbocycles. The van der Waals surface area contributed by atoms with Crippen molar-refractivity contribution in [3.63, 3.8) is 0 Å². The number of hydrogen-bond donors (Lipinski definition) is 0. The van der Waals surface area contributed by atoms with Gasteiger partial charge >= 0.3 is 0 Å². The van der Waals surface area contributed by atoms with Crippen molar-refractivity contribution < 1.29 is 4.79 Å². The second-order valence-electron chi connectivity index (χ2n) is 4.02. The van der Waals surface area contributed by atoms with Gasteiger partial charge in [0.05, 0.1) is 0 Å². The number of aryl methyl sites for hydroxylation is 1. The zero-order chi connectivity index (χ0) is 10.1. The zero-order valence-corrected chi connectivity index (χ0v) is 8.60. The lowest BCUT2D eigenvalue weighted by atomic mass is 10.2. The van der Waals surface area contributed by atoms with Crippen LogP contribution >= 0.6 is 0 Å². The molecule has 1 saturated heterocycles. The Morgan fingerprint density at radius 1 is 1.64 bits per heavy atom. The zero-order valence-electron chi connectivity index (χ0n) is 8.60. The molecule has 2 heterocycles. The lowest BCUT2D eigenvalue weighted by Crippen LogP contribution is -2.28. The third kappa shape index (κ3) is 1.64. The average Bonchev–Trinajstić information content (AvgIpc) is 2.73. The summed E-state index contributed by atoms with van der Waals surface area (Å²) in [5.41, 5.74) is 0.557. The molecule has 0 N–H and O–H groups in total. The van der Waals surface area contributed by atoms with Crippen molar-refractivity contribution in [1.29, 1.82) is 0 Å². The molecule has 1 unspecified atom stereocenters. The topological polar surface area (TPSA) is 38.1 Å². The van der Waals surface area contributed by atoms with Gasteiger partial charge in [-0.05, 0) is 18.4 Å². The summed E-state index contributed by atoms with van der Waals surface area (Å²) < 4.78 is 1.66. The Morgan fingerprint density at radius 2 is 2.43 bits per heavy atom. The molecule has 14 heavy (non-hydrogen) atoms. The van der Waals surface area contributed by atoms with E-state index in [0.29, 0.717) is 11.6 Å². The molecule has 2 rings (SSSR count). The van der Waals surface area contributed by atoms with Gasteiger partial charge in [0.25, 0.3) is 5.91 Å². The first kappa shape index (κ1) is 9.24. The fourth-order valence-corrected chi connectivity index (χ4v) is 1.81. The molecule has 1 fully saturated rings. The first-order valence-corrected chi connectivity index (χ1v) is 4.96. The number of nitrogens with zero attached hydrogens (tertiary/aromatic N) is 3. The molecule has 1 aromatic heterocycles. The molecule has 1 aliphatic rings. The molecule has 1 amide bonds. The number of aromatic nitrogens is 2. The maximum Gasteiger partial charge on any atom is 0.274 e. The van der Waals surface area contributed by atoms with E-state index in [0.717, 1.165) is 19.5 Å². The Balaban J connectivity index is 2.09. The monoisotopic (exact) mass is 193 g/mol. The Labute approximate surface area is 83.5 Å². The second-order valence-corrected chi connectivity index (χ2v) is 4.02. The van der Waals surface area contributed by atoms with Crippen molar-refractivity contribution in [3.8, 4) is 0 Å². The van der Waals surface area contributed by atoms with Crippen molar-refractivity contribution in [2.75, 3.05) is 13.1 Å².